The van der Waals surface area contributed by atoms with Crippen LogP contribution in [0.15, 0.2) is 24.4 Å². The molecule has 90 valence electrons. The average molecular weight is 232 g/mol. The summed E-state index contributed by atoms with van der Waals surface area (Å²) in [5, 5.41) is 1.11. The van der Waals surface area contributed by atoms with Crippen LogP contribution in [0.1, 0.15) is 22.8 Å². The molecule has 0 spiro atoms. The molecule has 4 heteroatoms. The van der Waals surface area contributed by atoms with E-state index in [1.54, 1.807) is 14.0 Å². The van der Waals surface area contributed by atoms with Gasteiger partial charge < -0.3 is 9.82 Å². The first-order valence-electron chi connectivity index (χ1n) is 5.59. The van der Waals surface area contributed by atoms with Crippen molar-refractivity contribution >= 4 is 16.7 Å². The molecule has 2 N–H and O–H groups in total. The molecule has 0 fully saturated rings. The largest absolute Gasteiger partial charge is 0.361 e. The lowest BCUT2D eigenvalue weighted by molar-refractivity contribution is 0.0928. The number of carbonyl (C=O) groups excluding carboxylic acids is 1. The number of fused-ring (bicyclic) bond motifs is 1. The van der Waals surface area contributed by atoms with Crippen molar-refractivity contribution in [2.45, 2.75) is 13.3 Å². The van der Waals surface area contributed by atoms with Crippen molar-refractivity contribution in [2.24, 2.45) is 0 Å². The van der Waals surface area contributed by atoms with Crippen LogP contribution in [0.2, 0.25) is 0 Å². The Balaban J connectivity index is 2.30. The SMILES string of the molecule is CONCCc1c[nH]c2ccc(C(C)=O)cc12. The highest BCUT2D eigenvalue weighted by atomic mass is 16.6. The minimum atomic E-state index is 0.0917. The molecule has 0 aliphatic heterocycles. The Bertz CT molecular complexity index is 531. The highest BCUT2D eigenvalue weighted by molar-refractivity contribution is 5.98. The van der Waals surface area contributed by atoms with Crippen molar-refractivity contribution in [1.29, 1.82) is 0 Å². The molecule has 1 aromatic carbocycles. The number of hydroxylamine groups is 1. The zero-order valence-corrected chi connectivity index (χ0v) is 10.0. The van der Waals surface area contributed by atoms with Crippen molar-refractivity contribution in [3.63, 3.8) is 0 Å². The molecule has 0 saturated heterocycles. The third-order valence-electron chi connectivity index (χ3n) is 2.81. The fourth-order valence-corrected chi connectivity index (χ4v) is 1.89. The van der Waals surface area contributed by atoms with Gasteiger partial charge in [-0.2, -0.15) is 0 Å². The summed E-state index contributed by atoms with van der Waals surface area (Å²) >= 11 is 0. The van der Waals surface area contributed by atoms with Crippen LogP contribution in [0, 0.1) is 0 Å². The molecule has 2 aromatic rings. The topological polar surface area (TPSA) is 54.1 Å². The Hall–Kier alpha value is -1.65. The van der Waals surface area contributed by atoms with Crippen LogP contribution in [0.5, 0.6) is 0 Å². The highest BCUT2D eigenvalue weighted by Gasteiger charge is 2.06. The number of aromatic amines is 1. The molecule has 0 radical (unpaired) electrons. The Morgan fingerprint density at radius 3 is 3.00 bits per heavy atom. The minimum Gasteiger partial charge on any atom is -0.361 e. The van der Waals surface area contributed by atoms with E-state index in [2.05, 4.69) is 10.5 Å². The van der Waals surface area contributed by atoms with Crippen molar-refractivity contribution in [1.82, 2.24) is 10.5 Å². The summed E-state index contributed by atoms with van der Waals surface area (Å²) in [5.41, 5.74) is 5.80. The van der Waals surface area contributed by atoms with E-state index < -0.39 is 0 Å². The van der Waals surface area contributed by atoms with Crippen LogP contribution in [-0.4, -0.2) is 24.4 Å². The summed E-state index contributed by atoms with van der Waals surface area (Å²) in [4.78, 5) is 19.3. The van der Waals surface area contributed by atoms with Crippen LogP contribution < -0.4 is 5.48 Å². The summed E-state index contributed by atoms with van der Waals surface area (Å²) < 4.78 is 0. The van der Waals surface area contributed by atoms with Gasteiger partial charge in [-0.1, -0.05) is 0 Å². The van der Waals surface area contributed by atoms with E-state index in [0.29, 0.717) is 0 Å². The molecular formula is C13H16N2O2. The normalized spacial score (nSPS) is 10.9. The summed E-state index contributed by atoms with van der Waals surface area (Å²) in [6.07, 6.45) is 2.83. The maximum absolute atomic E-state index is 11.3. The van der Waals surface area contributed by atoms with E-state index in [9.17, 15) is 4.79 Å². The molecule has 17 heavy (non-hydrogen) atoms. The standard InChI is InChI=1S/C13H16N2O2/c1-9(16)10-3-4-13-12(7-10)11(8-14-13)5-6-15-17-2/h3-4,7-8,14-15H,5-6H2,1-2H3. The number of ketones is 1. The van der Waals surface area contributed by atoms with Gasteiger partial charge in [0.1, 0.15) is 0 Å². The molecule has 0 aliphatic rings. The van der Waals surface area contributed by atoms with E-state index in [4.69, 9.17) is 4.84 Å². The first-order chi connectivity index (χ1) is 8.22. The van der Waals surface area contributed by atoms with Gasteiger partial charge in [0, 0.05) is 29.2 Å². The number of benzene rings is 1. The first-order valence-corrected chi connectivity index (χ1v) is 5.59. The van der Waals surface area contributed by atoms with Crippen LogP contribution in [0.4, 0.5) is 0 Å². The molecule has 2 rings (SSSR count). The monoisotopic (exact) mass is 232 g/mol. The predicted molar refractivity (Wildman–Crippen MR) is 67.0 cm³/mol. The average Bonchev–Trinajstić information content (AvgIpc) is 2.72. The molecule has 0 unspecified atom stereocenters. The van der Waals surface area contributed by atoms with Crippen molar-refractivity contribution in [3.8, 4) is 0 Å². The molecule has 1 aromatic heterocycles. The molecule has 0 aliphatic carbocycles. The van der Waals surface area contributed by atoms with Crippen LogP contribution >= 0.6 is 0 Å². The first kappa shape index (κ1) is 11.8. The molecule has 1 heterocycles. The van der Waals surface area contributed by atoms with Gasteiger partial charge in [-0.05, 0) is 37.1 Å². The number of Topliss-reactive ketones (excluding diaryl/α,β-unsaturated/α-hetero) is 1. The third-order valence-corrected chi connectivity index (χ3v) is 2.81. The summed E-state index contributed by atoms with van der Waals surface area (Å²) in [6, 6.07) is 5.73. The minimum absolute atomic E-state index is 0.0917. The van der Waals surface area contributed by atoms with Crippen LogP contribution in [0.3, 0.4) is 0 Å². The van der Waals surface area contributed by atoms with E-state index in [1.807, 2.05) is 24.4 Å². The van der Waals surface area contributed by atoms with E-state index in [0.717, 1.165) is 29.4 Å². The van der Waals surface area contributed by atoms with Gasteiger partial charge in [-0.15, -0.1) is 0 Å². The van der Waals surface area contributed by atoms with Gasteiger partial charge in [0.25, 0.3) is 0 Å². The smallest absolute Gasteiger partial charge is 0.159 e. The molecule has 0 saturated carbocycles. The summed E-state index contributed by atoms with van der Waals surface area (Å²) in [7, 11) is 1.60. The Kier molecular flexibility index (Phi) is 3.56. The molecule has 0 bridgehead atoms. The third kappa shape index (κ3) is 2.54. The molecule has 0 amide bonds. The maximum Gasteiger partial charge on any atom is 0.159 e. The van der Waals surface area contributed by atoms with Gasteiger partial charge in [-0.3, -0.25) is 4.79 Å². The van der Waals surface area contributed by atoms with Gasteiger partial charge in [0.15, 0.2) is 5.78 Å². The number of carbonyl (C=O) groups is 1. The lowest BCUT2D eigenvalue weighted by atomic mass is 10.1. The maximum atomic E-state index is 11.3. The fraction of sp³-hybridized carbons (Fsp3) is 0.308. The summed E-state index contributed by atoms with van der Waals surface area (Å²) in [6.45, 7) is 2.33. The number of hydrogen-bond donors (Lipinski definition) is 2. The van der Waals surface area contributed by atoms with Gasteiger partial charge >= 0.3 is 0 Å². The van der Waals surface area contributed by atoms with Crippen molar-refractivity contribution < 1.29 is 9.63 Å². The van der Waals surface area contributed by atoms with Crippen molar-refractivity contribution in [3.05, 3.63) is 35.5 Å². The van der Waals surface area contributed by atoms with E-state index in [-0.39, 0.29) is 5.78 Å². The lowest BCUT2D eigenvalue weighted by Gasteiger charge is -2.01. The highest BCUT2D eigenvalue weighted by Crippen LogP contribution is 2.20. The zero-order valence-electron chi connectivity index (χ0n) is 10.0. The number of nitrogens with one attached hydrogen (secondary N) is 2. The Morgan fingerprint density at radius 2 is 2.29 bits per heavy atom. The zero-order chi connectivity index (χ0) is 12.3. The van der Waals surface area contributed by atoms with Gasteiger partial charge in [0.05, 0.1) is 7.11 Å². The van der Waals surface area contributed by atoms with E-state index >= 15 is 0 Å². The second-order valence-electron chi connectivity index (χ2n) is 3.98. The van der Waals surface area contributed by atoms with E-state index in [1.165, 1.54) is 5.56 Å². The molecule has 0 atom stereocenters. The molecular weight excluding hydrogens is 216 g/mol. The Morgan fingerprint density at radius 1 is 1.47 bits per heavy atom. The second kappa shape index (κ2) is 5.12. The second-order valence-corrected chi connectivity index (χ2v) is 3.98. The van der Waals surface area contributed by atoms with Gasteiger partial charge in [-0.25, -0.2) is 5.48 Å². The summed E-state index contributed by atoms with van der Waals surface area (Å²) in [5.74, 6) is 0.0917. The number of hydrogen-bond acceptors (Lipinski definition) is 3. The Labute approximate surface area is 99.9 Å². The number of H-pyrrole nitrogens is 1. The van der Waals surface area contributed by atoms with Gasteiger partial charge in [0.2, 0.25) is 0 Å². The van der Waals surface area contributed by atoms with Crippen LogP contribution in [0.25, 0.3) is 10.9 Å². The lowest BCUT2D eigenvalue weighted by Crippen LogP contribution is -2.14. The van der Waals surface area contributed by atoms with Crippen LogP contribution in [-0.2, 0) is 11.3 Å². The number of aromatic nitrogens is 1. The fourth-order valence-electron chi connectivity index (χ4n) is 1.89. The van der Waals surface area contributed by atoms with Crippen molar-refractivity contribution in [2.75, 3.05) is 13.7 Å². The number of rotatable bonds is 5. The molecule has 4 nitrogen and oxygen atoms in total. The quantitative estimate of drug-likeness (QED) is 0.471. The predicted octanol–water partition coefficient (Wildman–Crippen LogP) is 2.06.